The molecule has 1 aliphatic rings. The van der Waals surface area contributed by atoms with Gasteiger partial charge in [0, 0.05) is 45.2 Å². The van der Waals surface area contributed by atoms with Crippen LogP contribution in [0.5, 0.6) is 0 Å². The zero-order valence-corrected chi connectivity index (χ0v) is 14.4. The van der Waals surface area contributed by atoms with E-state index in [1.165, 1.54) is 25.1 Å². The Hall–Kier alpha value is -2.19. The lowest BCUT2D eigenvalue weighted by atomic mass is 10.2. The molecule has 0 atom stereocenters. The van der Waals surface area contributed by atoms with E-state index in [-0.39, 0.29) is 23.3 Å². The molecule has 0 bridgehead atoms. The summed E-state index contributed by atoms with van der Waals surface area (Å²) in [6.07, 6.45) is 1.45. The van der Waals surface area contributed by atoms with Crippen LogP contribution in [0, 0.1) is 0 Å². The quantitative estimate of drug-likeness (QED) is 0.781. The minimum atomic E-state index is -3.67. The van der Waals surface area contributed by atoms with Gasteiger partial charge in [-0.25, -0.2) is 13.1 Å². The fourth-order valence-electron chi connectivity index (χ4n) is 2.46. The first-order chi connectivity index (χ1) is 11.3. The van der Waals surface area contributed by atoms with Crippen molar-refractivity contribution in [2.24, 2.45) is 0 Å². The zero-order valence-electron chi connectivity index (χ0n) is 13.6. The van der Waals surface area contributed by atoms with Crippen LogP contribution in [0.15, 0.2) is 41.8 Å². The third kappa shape index (κ3) is 4.21. The molecule has 0 aromatic heterocycles. The van der Waals surface area contributed by atoms with Crippen molar-refractivity contribution in [3.8, 4) is 0 Å². The fraction of sp³-hybridized carbons (Fsp3) is 0.375. The average molecular weight is 351 g/mol. The Balaban J connectivity index is 2.13. The molecule has 2 amide bonds. The molecule has 0 saturated carbocycles. The van der Waals surface area contributed by atoms with Gasteiger partial charge in [-0.3, -0.25) is 9.59 Å². The Morgan fingerprint density at radius 3 is 2.42 bits per heavy atom. The monoisotopic (exact) mass is 351 g/mol. The second-order valence-corrected chi connectivity index (χ2v) is 7.23. The molecule has 1 aliphatic heterocycles. The molecule has 1 aromatic rings. The van der Waals surface area contributed by atoms with Crippen molar-refractivity contribution < 1.29 is 18.0 Å². The van der Waals surface area contributed by atoms with Crippen molar-refractivity contribution in [1.82, 2.24) is 14.5 Å². The first-order valence-corrected chi connectivity index (χ1v) is 9.09. The molecule has 0 aliphatic carbocycles. The molecule has 24 heavy (non-hydrogen) atoms. The summed E-state index contributed by atoms with van der Waals surface area (Å²) in [5, 5.41) is 0. The van der Waals surface area contributed by atoms with E-state index in [0.29, 0.717) is 31.7 Å². The maximum absolute atomic E-state index is 12.6. The van der Waals surface area contributed by atoms with Crippen LogP contribution in [0.25, 0.3) is 0 Å². The van der Waals surface area contributed by atoms with Crippen molar-refractivity contribution >= 4 is 21.8 Å². The summed E-state index contributed by atoms with van der Waals surface area (Å²) in [7, 11) is -3.67. The van der Waals surface area contributed by atoms with Gasteiger partial charge < -0.3 is 9.80 Å². The van der Waals surface area contributed by atoms with E-state index in [1.54, 1.807) is 21.9 Å². The lowest BCUT2D eigenvalue weighted by Gasteiger charge is -2.34. The first kappa shape index (κ1) is 18.2. The normalized spacial score (nSPS) is 15.2. The van der Waals surface area contributed by atoms with E-state index >= 15 is 0 Å². The van der Waals surface area contributed by atoms with Gasteiger partial charge in [0.15, 0.2) is 0 Å². The summed E-state index contributed by atoms with van der Waals surface area (Å²) in [5.74, 6) is -0.248. The predicted molar refractivity (Wildman–Crippen MR) is 90.0 cm³/mol. The molecule has 1 aromatic carbocycles. The number of hydrogen-bond donors (Lipinski definition) is 1. The number of nitrogens with zero attached hydrogens (tertiary/aromatic N) is 2. The van der Waals surface area contributed by atoms with Crippen LogP contribution in [0.2, 0.25) is 0 Å². The number of carbonyl (C=O) groups excluding carboxylic acids is 2. The number of benzene rings is 1. The highest BCUT2D eigenvalue weighted by Crippen LogP contribution is 2.14. The van der Waals surface area contributed by atoms with Crippen LogP contribution < -0.4 is 4.72 Å². The second-order valence-electron chi connectivity index (χ2n) is 5.47. The van der Waals surface area contributed by atoms with Gasteiger partial charge in [0.05, 0.1) is 4.90 Å². The van der Waals surface area contributed by atoms with E-state index in [1.807, 2.05) is 0 Å². The molecule has 1 fully saturated rings. The summed E-state index contributed by atoms with van der Waals surface area (Å²) in [4.78, 5) is 27.2. The number of carbonyl (C=O) groups is 2. The van der Waals surface area contributed by atoms with E-state index in [2.05, 4.69) is 11.3 Å². The highest BCUT2D eigenvalue weighted by Gasteiger charge is 2.24. The molecule has 1 heterocycles. The molecule has 0 spiro atoms. The van der Waals surface area contributed by atoms with Gasteiger partial charge >= 0.3 is 0 Å². The van der Waals surface area contributed by atoms with Crippen molar-refractivity contribution in [3.05, 3.63) is 42.5 Å². The molecule has 8 heteroatoms. The molecule has 1 N–H and O–H groups in total. The van der Waals surface area contributed by atoms with Crippen molar-refractivity contribution in [2.75, 3.05) is 32.7 Å². The Morgan fingerprint density at radius 1 is 1.21 bits per heavy atom. The minimum Gasteiger partial charge on any atom is -0.339 e. The van der Waals surface area contributed by atoms with Crippen LogP contribution in [-0.2, 0) is 14.8 Å². The average Bonchev–Trinajstić information content (AvgIpc) is 2.59. The van der Waals surface area contributed by atoms with Crippen LogP contribution >= 0.6 is 0 Å². The topological polar surface area (TPSA) is 86.8 Å². The number of piperazine rings is 1. The van der Waals surface area contributed by atoms with E-state index in [4.69, 9.17) is 0 Å². The summed E-state index contributed by atoms with van der Waals surface area (Å²) < 4.78 is 26.6. The number of rotatable bonds is 5. The van der Waals surface area contributed by atoms with E-state index in [0.717, 1.165) is 0 Å². The number of amides is 2. The third-order valence-corrected chi connectivity index (χ3v) is 5.24. The molecular weight excluding hydrogens is 330 g/mol. The standard InChI is InChI=1S/C16H21N3O4S/c1-3-7-17-24(22,23)15-6-4-5-14(12-15)16(21)19-10-8-18(9-11-19)13(2)20/h3-6,12,17H,1,7-11H2,2H3. The largest absolute Gasteiger partial charge is 0.339 e. The summed E-state index contributed by atoms with van der Waals surface area (Å²) >= 11 is 0. The Bertz CT molecular complexity index is 737. The van der Waals surface area contributed by atoms with Crippen molar-refractivity contribution in [3.63, 3.8) is 0 Å². The van der Waals surface area contributed by atoms with Crippen LogP contribution in [0.4, 0.5) is 0 Å². The van der Waals surface area contributed by atoms with Crippen LogP contribution in [-0.4, -0.2) is 62.8 Å². The van der Waals surface area contributed by atoms with Gasteiger partial charge in [-0.1, -0.05) is 12.1 Å². The second kappa shape index (κ2) is 7.59. The van der Waals surface area contributed by atoms with Gasteiger partial charge in [0.2, 0.25) is 15.9 Å². The smallest absolute Gasteiger partial charge is 0.254 e. The lowest BCUT2D eigenvalue weighted by Crippen LogP contribution is -2.50. The molecule has 0 radical (unpaired) electrons. The molecular formula is C16H21N3O4S. The maximum Gasteiger partial charge on any atom is 0.254 e. The molecule has 1 saturated heterocycles. The number of hydrogen-bond acceptors (Lipinski definition) is 4. The highest BCUT2D eigenvalue weighted by molar-refractivity contribution is 7.89. The zero-order chi connectivity index (χ0) is 17.7. The van der Waals surface area contributed by atoms with Gasteiger partial charge in [0.1, 0.15) is 0 Å². The van der Waals surface area contributed by atoms with Crippen molar-refractivity contribution in [2.45, 2.75) is 11.8 Å². The Labute approximate surface area is 142 Å². The molecule has 2 rings (SSSR count). The van der Waals surface area contributed by atoms with Crippen molar-refractivity contribution in [1.29, 1.82) is 0 Å². The van der Waals surface area contributed by atoms with E-state index < -0.39 is 10.0 Å². The van der Waals surface area contributed by atoms with Crippen LogP contribution in [0.3, 0.4) is 0 Å². The predicted octanol–water partition coefficient (Wildman–Crippen LogP) is 0.455. The molecule has 7 nitrogen and oxygen atoms in total. The SMILES string of the molecule is C=CCNS(=O)(=O)c1cccc(C(=O)N2CCN(C(C)=O)CC2)c1. The summed E-state index contributed by atoms with van der Waals surface area (Å²) in [6, 6.07) is 5.94. The van der Waals surface area contributed by atoms with E-state index in [9.17, 15) is 18.0 Å². The van der Waals surface area contributed by atoms with Gasteiger partial charge in [-0.2, -0.15) is 0 Å². The fourth-order valence-corrected chi connectivity index (χ4v) is 3.50. The van der Waals surface area contributed by atoms with Gasteiger partial charge in [-0.05, 0) is 18.2 Å². The van der Waals surface area contributed by atoms with Gasteiger partial charge in [-0.15, -0.1) is 6.58 Å². The minimum absolute atomic E-state index is 0.0107. The Morgan fingerprint density at radius 2 is 1.83 bits per heavy atom. The van der Waals surface area contributed by atoms with Crippen LogP contribution in [0.1, 0.15) is 17.3 Å². The summed E-state index contributed by atoms with van der Waals surface area (Å²) in [6.45, 7) is 6.93. The maximum atomic E-state index is 12.6. The molecule has 130 valence electrons. The Kier molecular flexibility index (Phi) is 5.74. The lowest BCUT2D eigenvalue weighted by molar-refractivity contribution is -0.130. The third-order valence-electron chi connectivity index (χ3n) is 3.82. The van der Waals surface area contributed by atoms with Gasteiger partial charge in [0.25, 0.3) is 5.91 Å². The molecule has 0 unspecified atom stereocenters. The number of nitrogens with one attached hydrogen (secondary N) is 1. The summed E-state index contributed by atoms with van der Waals surface area (Å²) in [5.41, 5.74) is 0.313. The number of sulfonamides is 1. The highest BCUT2D eigenvalue weighted by atomic mass is 32.2. The first-order valence-electron chi connectivity index (χ1n) is 7.60.